The number of aromatic nitrogens is 4. The van der Waals surface area contributed by atoms with Gasteiger partial charge in [0.2, 0.25) is 11.2 Å². The van der Waals surface area contributed by atoms with E-state index in [1.54, 1.807) is 45.7 Å². The first-order chi connectivity index (χ1) is 42.7. The summed E-state index contributed by atoms with van der Waals surface area (Å²) in [6.07, 6.45) is 8.08. The number of nitrogens with two attached hydrogens (primary N) is 2. The number of nitrogens with one attached hydrogen (secondary N) is 2. The summed E-state index contributed by atoms with van der Waals surface area (Å²) in [6.45, 7) is 9.44. The van der Waals surface area contributed by atoms with Gasteiger partial charge in [-0.1, -0.05) is 15.9 Å². The Kier molecular flexibility index (Phi) is 31.2. The number of nitro groups is 2. The van der Waals surface area contributed by atoms with Gasteiger partial charge in [-0.15, -0.1) is 0 Å². The first-order valence-corrected chi connectivity index (χ1v) is 30.3. The number of hydrogen-bond acceptors (Lipinski definition) is 24. The van der Waals surface area contributed by atoms with Crippen LogP contribution in [0.3, 0.4) is 0 Å². The molecular formula is C61H86BrClN14O12. The van der Waals surface area contributed by atoms with Gasteiger partial charge in [-0.2, -0.15) is 4.98 Å². The van der Waals surface area contributed by atoms with E-state index in [-0.39, 0.29) is 35.0 Å². The van der Waals surface area contributed by atoms with Crippen molar-refractivity contribution in [1.29, 1.82) is 0 Å². The molecule has 4 saturated heterocycles. The van der Waals surface area contributed by atoms with Crippen LogP contribution in [0.5, 0.6) is 23.0 Å². The highest BCUT2D eigenvalue weighted by Gasteiger charge is 2.24. The number of likely N-dealkylation sites (N-methyl/N-ethyl adjacent to an activating group) is 4. The van der Waals surface area contributed by atoms with E-state index in [9.17, 15) is 20.2 Å². The van der Waals surface area contributed by atoms with Gasteiger partial charge < -0.3 is 80.0 Å². The number of halogens is 2. The van der Waals surface area contributed by atoms with Crippen molar-refractivity contribution >= 4 is 67.9 Å². The molecule has 7 N–H and O–H groups in total. The van der Waals surface area contributed by atoms with Crippen LogP contribution in [0.15, 0.2) is 97.3 Å². The highest BCUT2D eigenvalue weighted by Crippen LogP contribution is 2.29. The number of alkyl halides is 1. The van der Waals surface area contributed by atoms with Crippen LogP contribution in [0.2, 0.25) is 5.28 Å². The van der Waals surface area contributed by atoms with Gasteiger partial charge in [0.15, 0.2) is 0 Å². The Labute approximate surface area is 534 Å². The van der Waals surface area contributed by atoms with Crippen LogP contribution < -0.4 is 41.0 Å². The fourth-order valence-electron chi connectivity index (χ4n) is 9.52. The zero-order chi connectivity index (χ0) is 64.8. The lowest BCUT2D eigenvalue weighted by Gasteiger charge is -2.15. The second-order valence-corrected chi connectivity index (χ2v) is 22.2. The summed E-state index contributed by atoms with van der Waals surface area (Å²) in [5, 5.41) is 37.0. The predicted molar refractivity (Wildman–Crippen MR) is 349 cm³/mol. The van der Waals surface area contributed by atoms with Crippen LogP contribution in [-0.4, -0.2) is 195 Å². The Morgan fingerprint density at radius 1 is 0.596 bits per heavy atom. The van der Waals surface area contributed by atoms with Crippen LogP contribution >= 0.6 is 27.5 Å². The molecular weight excluding hydrogens is 1240 g/mol. The molecule has 28 heteroatoms. The van der Waals surface area contributed by atoms with Gasteiger partial charge in [-0.05, 0) is 126 Å². The summed E-state index contributed by atoms with van der Waals surface area (Å²) in [5.41, 5.74) is 16.3. The SMILES string of the molecule is CN1CCC(O)C1.CNc1ccnc(Nc2ccc(OC)c(COC3CCN(C)C3)c2)n1.COc1ccc(N)cc1COC1CCN(C)C1.COc1ccc([N+](=O)[O-])cc1CBr.COc1ccc([N+](=O)[O-])cc1COC1CCN(C)C1.Nc1ccnc(Cl)n1. The van der Waals surface area contributed by atoms with Crippen molar-refractivity contribution in [2.75, 3.05) is 138 Å². The first-order valence-electron chi connectivity index (χ1n) is 28.8. The summed E-state index contributed by atoms with van der Waals surface area (Å²) >= 11 is 8.57. The molecule has 26 nitrogen and oxygen atoms in total. The summed E-state index contributed by atoms with van der Waals surface area (Å²) in [4.78, 5) is 45.1. The quantitative estimate of drug-likeness (QED) is 0.0166. The van der Waals surface area contributed by atoms with Gasteiger partial charge in [0.25, 0.3) is 11.4 Å². The highest BCUT2D eigenvalue weighted by atomic mass is 79.9. The normalized spacial score (nSPS) is 18.0. The Hall–Kier alpha value is -7.31. The average molecular weight is 1320 g/mol. The third-order valence-electron chi connectivity index (χ3n) is 14.3. The van der Waals surface area contributed by atoms with Crippen molar-refractivity contribution in [2.24, 2.45) is 0 Å². The first kappa shape index (κ1) is 72.4. The molecule has 6 aromatic rings. The number of aliphatic hydroxyl groups is 1. The van der Waals surface area contributed by atoms with Crippen LogP contribution in [0, 0.1) is 20.2 Å². The molecule has 4 aromatic carbocycles. The van der Waals surface area contributed by atoms with Crippen molar-refractivity contribution in [3.63, 3.8) is 0 Å². The van der Waals surface area contributed by atoms with E-state index in [4.69, 9.17) is 61.3 Å². The molecule has 0 spiro atoms. The Morgan fingerprint density at radius 3 is 1.43 bits per heavy atom. The number of anilines is 5. The van der Waals surface area contributed by atoms with Crippen molar-refractivity contribution in [3.8, 4) is 23.0 Å². The molecule has 0 aliphatic carbocycles. The third kappa shape index (κ3) is 25.6. The van der Waals surface area contributed by atoms with Gasteiger partial charge in [0, 0.05) is 135 Å². The number of likely N-dealkylation sites (tertiary alicyclic amines) is 4. The van der Waals surface area contributed by atoms with Crippen molar-refractivity contribution < 1.29 is 48.1 Å². The number of methoxy groups -OCH3 is 4. The topological polar surface area (TPSA) is 312 Å². The van der Waals surface area contributed by atoms with E-state index in [0.29, 0.717) is 60.1 Å². The lowest BCUT2D eigenvalue weighted by Crippen LogP contribution is -2.19. The molecule has 10 rings (SSSR count). The van der Waals surface area contributed by atoms with Gasteiger partial charge in [-0.25, -0.2) is 15.0 Å². The minimum atomic E-state index is -0.425. The van der Waals surface area contributed by atoms with E-state index in [1.807, 2.05) is 56.6 Å². The van der Waals surface area contributed by atoms with Crippen molar-refractivity contribution in [3.05, 3.63) is 145 Å². The number of nitrogens with zero attached hydrogens (tertiary/aromatic N) is 10. The smallest absolute Gasteiger partial charge is 0.270 e. The Morgan fingerprint density at radius 2 is 1.03 bits per heavy atom. The van der Waals surface area contributed by atoms with Crippen LogP contribution in [0.4, 0.5) is 40.3 Å². The van der Waals surface area contributed by atoms with E-state index in [1.165, 1.54) is 37.6 Å². The molecule has 4 aliphatic rings. The maximum Gasteiger partial charge on any atom is 0.270 e. The number of nitro benzene ring substituents is 2. The lowest BCUT2D eigenvalue weighted by atomic mass is 10.2. The number of non-ortho nitro benzene ring substituents is 2. The number of rotatable bonds is 19. The van der Waals surface area contributed by atoms with Crippen molar-refractivity contribution in [2.45, 2.75) is 75.2 Å². The molecule has 6 heterocycles. The van der Waals surface area contributed by atoms with Crippen LogP contribution in [0.25, 0.3) is 0 Å². The molecule has 0 bridgehead atoms. The summed E-state index contributed by atoms with van der Waals surface area (Å²) in [6, 6.07) is 24.0. The van der Waals surface area contributed by atoms with Crippen LogP contribution in [0.1, 0.15) is 47.9 Å². The Balaban J connectivity index is 0.000000203. The maximum absolute atomic E-state index is 10.8. The molecule has 4 aliphatic heterocycles. The van der Waals surface area contributed by atoms with Crippen molar-refractivity contribution in [1.82, 2.24) is 39.5 Å². The zero-order valence-corrected chi connectivity index (χ0v) is 54.5. The highest BCUT2D eigenvalue weighted by molar-refractivity contribution is 9.08. The largest absolute Gasteiger partial charge is 0.496 e. The summed E-state index contributed by atoms with van der Waals surface area (Å²) in [7, 11) is 16.6. The van der Waals surface area contributed by atoms with Gasteiger partial charge in [-0.3, -0.25) is 20.2 Å². The number of hydrogen-bond donors (Lipinski definition) is 5. The molecule has 486 valence electrons. The fraction of sp³-hybridized carbons (Fsp3) is 0.475. The number of nitrogen functional groups attached to an aromatic ring is 2. The van der Waals surface area contributed by atoms with Crippen LogP contribution in [-0.2, 0) is 39.4 Å². The van der Waals surface area contributed by atoms with E-state index >= 15 is 0 Å². The van der Waals surface area contributed by atoms with E-state index < -0.39 is 9.85 Å². The fourth-order valence-corrected chi connectivity index (χ4v) is 10.1. The van der Waals surface area contributed by atoms with E-state index in [2.05, 4.69) is 87.2 Å². The van der Waals surface area contributed by atoms with Gasteiger partial charge in [0.1, 0.15) is 34.6 Å². The second-order valence-electron chi connectivity index (χ2n) is 21.3. The monoisotopic (exact) mass is 1320 g/mol. The summed E-state index contributed by atoms with van der Waals surface area (Å²) in [5.74, 6) is 4.64. The number of aliphatic hydroxyl groups excluding tert-OH is 1. The molecule has 4 fully saturated rings. The minimum Gasteiger partial charge on any atom is -0.496 e. The number of β-amino-alcohol motifs (C(OH)–C–C–N with tert-alkyl or cyclic N) is 1. The third-order valence-corrected chi connectivity index (χ3v) is 15.1. The molecule has 2 aromatic heterocycles. The Bertz CT molecular complexity index is 3100. The molecule has 0 amide bonds. The minimum absolute atomic E-state index is 0.0509. The average Bonchev–Trinajstić information content (AvgIpc) is 4.15. The molecule has 0 saturated carbocycles. The number of ether oxygens (including phenoxy) is 7. The van der Waals surface area contributed by atoms with Gasteiger partial charge in [0.05, 0.1) is 82.5 Å². The summed E-state index contributed by atoms with van der Waals surface area (Å²) < 4.78 is 38.7. The number of benzene rings is 4. The molecule has 4 atom stereocenters. The standard InChI is InChI=1S/C18H25N5O2.C13H18N2O4.C13H20N2O2.C8H8BrNO3.C5H11NO.C4H4ClN3/c1-19-17-6-8-20-18(22-17)21-14-4-5-16(24-3)13(10-14)12-25-15-7-9-23(2)11-15;1-14-6-5-12(8-14)19-9-10-7-11(15(16)17)3-4-13(10)18-2;1-15-6-5-12(8-15)17-9-10-7-11(14)3-4-13(10)16-2;1-13-8-3-2-7(10(11)12)4-6(8)5-9;1-6-3-2-5(7)4-6;5-4-7-2-1-3(6)8-4/h4-6,8,10,15H,7,9,11-12H2,1-3H3,(H2,19,20,21,22);3-4,7,12H,5-6,8-9H2,1-2H3;3-4,7,12H,5-6,8-9,14H2,1-2H3;2-4H,5H2,1H3;5,7H,2-4H2,1H3;1-2H,(H2,6,7,8). The van der Waals surface area contributed by atoms with Gasteiger partial charge >= 0.3 is 0 Å². The molecule has 0 radical (unpaired) electrons. The molecule has 89 heavy (non-hydrogen) atoms. The lowest BCUT2D eigenvalue weighted by molar-refractivity contribution is -0.385. The molecule has 4 unspecified atom stereocenters. The second kappa shape index (κ2) is 38.3. The maximum atomic E-state index is 10.8. The predicted octanol–water partition coefficient (Wildman–Crippen LogP) is 8.71. The zero-order valence-electron chi connectivity index (χ0n) is 52.2. The van der Waals surface area contributed by atoms with E-state index in [0.717, 1.165) is 123 Å².